The molecule has 10 nitrogen and oxygen atoms in total. The highest BCUT2D eigenvalue weighted by Crippen LogP contribution is 2.21. The summed E-state index contributed by atoms with van der Waals surface area (Å²) in [6.07, 6.45) is 0.855. The summed E-state index contributed by atoms with van der Waals surface area (Å²) >= 11 is 0. The van der Waals surface area contributed by atoms with Gasteiger partial charge in [0.2, 0.25) is 15.9 Å². The van der Waals surface area contributed by atoms with Crippen LogP contribution in [0.5, 0.6) is 0 Å². The predicted octanol–water partition coefficient (Wildman–Crippen LogP) is 0.341. The first-order chi connectivity index (χ1) is 12.5. The van der Waals surface area contributed by atoms with Crippen molar-refractivity contribution in [1.29, 1.82) is 0 Å². The third kappa shape index (κ3) is 5.65. The minimum atomic E-state index is -4.06. The molecule has 0 aromatic heterocycles. The van der Waals surface area contributed by atoms with Crippen LogP contribution in [0.25, 0.3) is 0 Å². The van der Waals surface area contributed by atoms with Crippen LogP contribution in [0.3, 0.4) is 0 Å². The van der Waals surface area contributed by atoms with Crippen molar-refractivity contribution < 1.29 is 31.2 Å². The third-order valence-electron chi connectivity index (χ3n) is 4.13. The molecule has 2 N–H and O–H groups in total. The highest BCUT2D eigenvalue weighted by atomic mass is 32.2. The minimum Gasteiger partial charge on any atom is -0.452 e. The van der Waals surface area contributed by atoms with E-state index in [-0.39, 0.29) is 29.8 Å². The van der Waals surface area contributed by atoms with Crippen LogP contribution in [-0.4, -0.2) is 59.6 Å². The number of anilines is 1. The summed E-state index contributed by atoms with van der Waals surface area (Å²) in [4.78, 5) is 23.2. The molecule has 0 saturated carbocycles. The normalized spacial score (nSPS) is 16.5. The van der Waals surface area contributed by atoms with Crippen LogP contribution in [-0.2, 0) is 29.6 Å². The second-order valence-electron chi connectivity index (χ2n) is 6.05. The highest BCUT2D eigenvalue weighted by Gasteiger charge is 2.29. The molecule has 1 heterocycles. The van der Waals surface area contributed by atoms with Crippen LogP contribution in [0, 0.1) is 5.92 Å². The average Bonchev–Trinajstić information content (AvgIpc) is 2.61. The number of rotatable bonds is 5. The van der Waals surface area contributed by atoms with E-state index < -0.39 is 26.1 Å². The number of carbonyl (C=O) groups excluding carboxylic acids is 2. The Labute approximate surface area is 158 Å². The van der Waals surface area contributed by atoms with Gasteiger partial charge in [-0.25, -0.2) is 30.7 Å². The van der Waals surface area contributed by atoms with Crippen molar-refractivity contribution >= 4 is 37.7 Å². The molecule has 1 aliphatic rings. The molecule has 1 aliphatic heterocycles. The molecule has 150 valence electrons. The number of amides is 2. The molecule has 2 rings (SSSR count). The summed E-state index contributed by atoms with van der Waals surface area (Å²) in [7, 11) is -6.27. The molecular weight excluding hydrogens is 398 g/mol. The van der Waals surface area contributed by atoms with Crippen LogP contribution < -0.4 is 10.0 Å². The molecule has 12 heteroatoms. The van der Waals surface area contributed by atoms with E-state index in [0.29, 0.717) is 18.5 Å². The van der Waals surface area contributed by atoms with Crippen molar-refractivity contribution in [3.05, 3.63) is 24.3 Å². The zero-order chi connectivity index (χ0) is 20.2. The Morgan fingerprint density at radius 2 is 1.63 bits per heavy atom. The summed E-state index contributed by atoms with van der Waals surface area (Å²) in [6.45, 7) is 0.570. The Hall–Kier alpha value is -2.18. The van der Waals surface area contributed by atoms with E-state index in [0.717, 1.165) is 13.4 Å². The molecule has 0 spiro atoms. The number of piperidine rings is 1. The van der Waals surface area contributed by atoms with Crippen molar-refractivity contribution in [3.63, 3.8) is 0 Å². The molecular formula is C15H21N3O7S2. The van der Waals surface area contributed by atoms with Crippen molar-refractivity contribution in [3.8, 4) is 0 Å². The highest BCUT2D eigenvalue weighted by molar-refractivity contribution is 7.90. The molecule has 0 atom stereocenters. The van der Waals surface area contributed by atoms with Gasteiger partial charge in [-0.15, -0.1) is 0 Å². The van der Waals surface area contributed by atoms with E-state index in [9.17, 15) is 26.4 Å². The summed E-state index contributed by atoms with van der Waals surface area (Å²) in [5.41, 5.74) is 0.391. The Balaban J connectivity index is 1.97. The molecule has 1 fully saturated rings. The molecule has 1 aromatic carbocycles. The minimum absolute atomic E-state index is 0.160. The number of nitrogens with zero attached hydrogens (tertiary/aromatic N) is 1. The lowest BCUT2D eigenvalue weighted by molar-refractivity contribution is -0.120. The number of methoxy groups -OCH3 is 1. The van der Waals surface area contributed by atoms with E-state index in [1.807, 2.05) is 0 Å². The monoisotopic (exact) mass is 419 g/mol. The lowest BCUT2D eigenvalue weighted by Crippen LogP contribution is -2.40. The van der Waals surface area contributed by atoms with Crippen LogP contribution in [0.15, 0.2) is 29.2 Å². The summed E-state index contributed by atoms with van der Waals surface area (Å²) in [5.74, 6) is -0.584. The third-order valence-corrected chi connectivity index (χ3v) is 6.76. The first-order valence-corrected chi connectivity index (χ1v) is 11.3. The van der Waals surface area contributed by atoms with Crippen molar-refractivity contribution in [2.24, 2.45) is 5.92 Å². The van der Waals surface area contributed by atoms with E-state index in [1.165, 1.54) is 28.6 Å². The standard InChI is InChI=1S/C15H21N3O7S2/c1-25-15(20)17-27(23,24)13-5-3-12(4-6-13)16-14(19)11-7-9-18(10-8-11)26(2,21)22/h3-6,11H,7-10H2,1-2H3,(H,16,19)(H,17,20). The molecule has 0 unspecified atom stereocenters. The van der Waals surface area contributed by atoms with Gasteiger partial charge in [-0.3, -0.25) is 4.79 Å². The fourth-order valence-corrected chi connectivity index (χ4v) is 4.41. The Morgan fingerprint density at radius 1 is 1.07 bits per heavy atom. The maximum atomic E-state index is 12.3. The maximum Gasteiger partial charge on any atom is 0.420 e. The van der Waals surface area contributed by atoms with Crippen molar-refractivity contribution in [1.82, 2.24) is 9.03 Å². The summed E-state index contributed by atoms with van der Waals surface area (Å²) in [6, 6.07) is 5.28. The lowest BCUT2D eigenvalue weighted by Gasteiger charge is -2.29. The molecule has 0 aliphatic carbocycles. The molecule has 27 heavy (non-hydrogen) atoms. The van der Waals surface area contributed by atoms with Crippen molar-refractivity contribution in [2.75, 3.05) is 31.8 Å². The van der Waals surface area contributed by atoms with Gasteiger partial charge in [-0.1, -0.05) is 0 Å². The predicted molar refractivity (Wildman–Crippen MR) is 96.9 cm³/mol. The van der Waals surface area contributed by atoms with Gasteiger partial charge in [0.15, 0.2) is 0 Å². The zero-order valence-electron chi connectivity index (χ0n) is 14.8. The SMILES string of the molecule is COC(=O)NS(=O)(=O)c1ccc(NC(=O)C2CCN(S(C)(=O)=O)CC2)cc1. The van der Waals surface area contributed by atoms with E-state index in [1.54, 1.807) is 4.72 Å². The van der Waals surface area contributed by atoms with Crippen LogP contribution in [0.1, 0.15) is 12.8 Å². The van der Waals surface area contributed by atoms with Gasteiger partial charge < -0.3 is 10.1 Å². The lowest BCUT2D eigenvalue weighted by atomic mass is 9.97. The number of ether oxygens (including phenoxy) is 1. The van der Waals surface area contributed by atoms with Gasteiger partial charge in [0, 0.05) is 24.7 Å². The van der Waals surface area contributed by atoms with Gasteiger partial charge in [0.1, 0.15) is 0 Å². The Kier molecular flexibility index (Phi) is 6.44. The fourth-order valence-electron chi connectivity index (χ4n) is 2.62. The first kappa shape index (κ1) is 21.1. The number of carbonyl (C=O) groups is 2. The number of hydrogen-bond acceptors (Lipinski definition) is 7. The van der Waals surface area contributed by atoms with Crippen LogP contribution in [0.2, 0.25) is 0 Å². The number of hydrogen-bond donors (Lipinski definition) is 2. The van der Waals surface area contributed by atoms with Gasteiger partial charge in [0.25, 0.3) is 10.0 Å². The van der Waals surface area contributed by atoms with Gasteiger partial charge in [-0.05, 0) is 37.1 Å². The van der Waals surface area contributed by atoms with Gasteiger partial charge in [0.05, 0.1) is 18.3 Å². The largest absolute Gasteiger partial charge is 0.452 e. The molecule has 0 radical (unpaired) electrons. The van der Waals surface area contributed by atoms with E-state index >= 15 is 0 Å². The average molecular weight is 419 g/mol. The van der Waals surface area contributed by atoms with Crippen molar-refractivity contribution in [2.45, 2.75) is 17.7 Å². The van der Waals surface area contributed by atoms with E-state index in [2.05, 4.69) is 10.1 Å². The molecule has 1 saturated heterocycles. The van der Waals surface area contributed by atoms with Gasteiger partial charge >= 0.3 is 6.09 Å². The fraction of sp³-hybridized carbons (Fsp3) is 0.467. The number of nitrogens with one attached hydrogen (secondary N) is 2. The van der Waals surface area contributed by atoms with Crippen LogP contribution in [0.4, 0.5) is 10.5 Å². The first-order valence-electron chi connectivity index (χ1n) is 8.00. The van der Waals surface area contributed by atoms with Crippen LogP contribution >= 0.6 is 0 Å². The summed E-state index contributed by atoms with van der Waals surface area (Å²) < 4.78 is 54.2. The smallest absolute Gasteiger partial charge is 0.420 e. The molecule has 1 aromatic rings. The number of sulfonamides is 2. The quantitative estimate of drug-likeness (QED) is 0.701. The second-order valence-corrected chi connectivity index (χ2v) is 9.71. The summed E-state index contributed by atoms with van der Waals surface area (Å²) in [5, 5.41) is 2.68. The van der Waals surface area contributed by atoms with Gasteiger partial charge in [-0.2, -0.15) is 0 Å². The Morgan fingerprint density at radius 3 is 2.11 bits per heavy atom. The molecule has 2 amide bonds. The second kappa shape index (κ2) is 8.23. The zero-order valence-corrected chi connectivity index (χ0v) is 16.5. The maximum absolute atomic E-state index is 12.3. The number of benzene rings is 1. The topological polar surface area (TPSA) is 139 Å². The molecule has 0 bridgehead atoms. The van der Waals surface area contributed by atoms with E-state index in [4.69, 9.17) is 0 Å². The Bertz CT molecular complexity index is 903.